The minimum atomic E-state index is 0.268. The van der Waals surface area contributed by atoms with E-state index in [2.05, 4.69) is 22.9 Å². The Balaban J connectivity index is 1.59. The van der Waals surface area contributed by atoms with Gasteiger partial charge in [-0.15, -0.1) is 0 Å². The van der Waals surface area contributed by atoms with Gasteiger partial charge in [-0.2, -0.15) is 0 Å². The lowest BCUT2D eigenvalue weighted by Gasteiger charge is -2.32. The van der Waals surface area contributed by atoms with Crippen LogP contribution in [0.15, 0.2) is 42.5 Å². The summed E-state index contributed by atoms with van der Waals surface area (Å²) < 4.78 is 11.1. The Hall–Kier alpha value is -2.34. The number of pyridine rings is 1. The van der Waals surface area contributed by atoms with Crippen molar-refractivity contribution in [3.8, 4) is 22.8 Å². The molecule has 2 aliphatic rings. The van der Waals surface area contributed by atoms with Crippen LogP contribution in [0.1, 0.15) is 5.56 Å². The number of ether oxygens (including phenoxy) is 2. The minimum absolute atomic E-state index is 0.268. The van der Waals surface area contributed by atoms with Crippen molar-refractivity contribution < 1.29 is 9.47 Å². The minimum Gasteiger partial charge on any atom is -0.454 e. The Morgan fingerprint density at radius 1 is 0.964 bits per heavy atom. The zero-order valence-electron chi connectivity index (χ0n) is 15.8. The number of nitrogens with zero attached hydrogens (tertiary/aromatic N) is 3. The fourth-order valence-corrected chi connectivity index (χ4v) is 3.96. The van der Waals surface area contributed by atoms with E-state index in [4.69, 9.17) is 26.1 Å². The summed E-state index contributed by atoms with van der Waals surface area (Å²) in [5.74, 6) is 1.55. The van der Waals surface area contributed by atoms with E-state index in [9.17, 15) is 0 Å². The van der Waals surface area contributed by atoms with E-state index in [1.807, 2.05) is 36.4 Å². The maximum absolute atomic E-state index is 6.10. The predicted octanol–water partition coefficient (Wildman–Crippen LogP) is 4.03. The van der Waals surface area contributed by atoms with Crippen molar-refractivity contribution in [2.24, 2.45) is 0 Å². The van der Waals surface area contributed by atoms with Gasteiger partial charge in [0, 0.05) is 54.8 Å². The monoisotopic (exact) mass is 395 g/mol. The summed E-state index contributed by atoms with van der Waals surface area (Å²) in [5, 5.41) is 1.81. The van der Waals surface area contributed by atoms with Gasteiger partial charge in [0.1, 0.15) is 0 Å². The van der Waals surface area contributed by atoms with E-state index >= 15 is 0 Å². The first-order valence-corrected chi connectivity index (χ1v) is 9.94. The van der Waals surface area contributed by atoms with Crippen molar-refractivity contribution in [3.63, 3.8) is 0 Å². The van der Waals surface area contributed by atoms with Gasteiger partial charge in [0.15, 0.2) is 11.5 Å². The molecule has 0 spiro atoms. The third-order valence-corrected chi connectivity index (χ3v) is 5.75. The molecule has 0 N–H and O–H groups in total. The molecular weight excluding hydrogens is 374 g/mol. The predicted molar refractivity (Wildman–Crippen MR) is 111 cm³/mol. The molecule has 2 aliphatic heterocycles. The highest BCUT2D eigenvalue weighted by Gasteiger charge is 2.20. The smallest absolute Gasteiger partial charge is 0.231 e. The molecule has 0 aliphatic carbocycles. The lowest BCUT2D eigenvalue weighted by molar-refractivity contribution is 0.148. The number of hydrogen-bond donors (Lipinski definition) is 0. The fraction of sp³-hybridized carbons (Fsp3) is 0.318. The summed E-state index contributed by atoms with van der Waals surface area (Å²) in [6.45, 7) is 5.46. The Morgan fingerprint density at radius 2 is 1.68 bits per heavy atom. The molecule has 0 saturated carbocycles. The molecule has 5 nitrogen and oxygen atoms in total. The summed E-state index contributed by atoms with van der Waals surface area (Å²) in [4.78, 5) is 9.88. The number of fused-ring (bicyclic) bond motifs is 2. The first-order chi connectivity index (χ1) is 13.7. The number of halogens is 1. The molecule has 0 amide bonds. The van der Waals surface area contributed by atoms with E-state index in [1.54, 1.807) is 0 Å². The summed E-state index contributed by atoms with van der Waals surface area (Å²) in [7, 11) is 2.18. The first kappa shape index (κ1) is 17.7. The van der Waals surface area contributed by atoms with E-state index in [-0.39, 0.29) is 6.79 Å². The van der Waals surface area contributed by atoms with Gasteiger partial charge < -0.3 is 14.4 Å². The van der Waals surface area contributed by atoms with Gasteiger partial charge in [-0.1, -0.05) is 23.7 Å². The van der Waals surface area contributed by atoms with Gasteiger partial charge in [0.2, 0.25) is 6.79 Å². The molecule has 0 atom stereocenters. The number of hydrogen-bond acceptors (Lipinski definition) is 5. The second-order valence-corrected chi connectivity index (χ2v) is 7.92. The number of aromatic nitrogens is 1. The summed E-state index contributed by atoms with van der Waals surface area (Å²) >= 11 is 6.10. The normalized spacial score (nSPS) is 17.4. The topological polar surface area (TPSA) is 37.8 Å². The maximum atomic E-state index is 6.10. The van der Waals surface area contributed by atoms with E-state index in [0.717, 1.165) is 71.4 Å². The quantitative estimate of drug-likeness (QED) is 0.669. The zero-order valence-corrected chi connectivity index (χ0v) is 16.6. The average molecular weight is 396 g/mol. The maximum Gasteiger partial charge on any atom is 0.231 e. The Kier molecular flexibility index (Phi) is 4.59. The van der Waals surface area contributed by atoms with Crippen molar-refractivity contribution in [2.45, 2.75) is 6.54 Å². The molecule has 2 aromatic carbocycles. The van der Waals surface area contributed by atoms with Gasteiger partial charge in [0.05, 0.1) is 11.2 Å². The molecule has 0 unspecified atom stereocenters. The van der Waals surface area contributed by atoms with Gasteiger partial charge in [0.25, 0.3) is 0 Å². The number of likely N-dealkylation sites (N-methyl/N-ethyl adjacent to an activating group) is 1. The van der Waals surface area contributed by atoms with Crippen molar-refractivity contribution in [2.75, 3.05) is 40.0 Å². The third-order valence-electron chi connectivity index (χ3n) is 5.50. The molecule has 3 heterocycles. The summed E-state index contributed by atoms with van der Waals surface area (Å²) in [6.07, 6.45) is 0. The van der Waals surface area contributed by atoms with Crippen LogP contribution in [0, 0.1) is 0 Å². The van der Waals surface area contributed by atoms with Gasteiger partial charge >= 0.3 is 0 Å². The molecule has 6 heteroatoms. The molecule has 1 aromatic heterocycles. The third kappa shape index (κ3) is 3.41. The van der Waals surface area contributed by atoms with E-state index in [0.29, 0.717) is 0 Å². The van der Waals surface area contributed by atoms with Gasteiger partial charge in [-0.3, -0.25) is 4.90 Å². The molecule has 0 radical (unpaired) electrons. The molecule has 1 saturated heterocycles. The van der Waals surface area contributed by atoms with Crippen LogP contribution < -0.4 is 9.47 Å². The number of piperazine rings is 1. The zero-order chi connectivity index (χ0) is 19.1. The summed E-state index contributed by atoms with van der Waals surface area (Å²) in [5.41, 5.74) is 4.21. The van der Waals surface area contributed by atoms with Crippen LogP contribution in [0.2, 0.25) is 5.02 Å². The van der Waals surface area contributed by atoms with Crippen LogP contribution in [0.3, 0.4) is 0 Å². The van der Waals surface area contributed by atoms with Crippen LogP contribution in [0.25, 0.3) is 22.2 Å². The van der Waals surface area contributed by atoms with Crippen LogP contribution in [-0.4, -0.2) is 54.8 Å². The average Bonchev–Trinajstić information content (AvgIpc) is 3.15. The fourth-order valence-electron chi connectivity index (χ4n) is 3.83. The summed E-state index contributed by atoms with van der Waals surface area (Å²) in [6, 6.07) is 14.2. The molecule has 144 valence electrons. The first-order valence-electron chi connectivity index (χ1n) is 9.56. The standard InChI is InChI=1S/C22H22ClN3O2/c1-25-6-8-26(9-7-25)13-17-10-16-11-20-21(28-14-27-20)12-19(16)24-22(17)15-2-4-18(23)5-3-15/h2-5,10-12H,6-9,13-14H2,1H3. The Morgan fingerprint density at radius 3 is 2.43 bits per heavy atom. The second kappa shape index (κ2) is 7.24. The SMILES string of the molecule is CN1CCN(Cc2cc3cc4c(cc3nc2-c2ccc(Cl)cc2)OCO4)CC1. The van der Waals surface area contributed by atoms with Crippen molar-refractivity contribution in [1.82, 2.24) is 14.8 Å². The highest BCUT2D eigenvalue weighted by molar-refractivity contribution is 6.30. The molecule has 1 fully saturated rings. The lowest BCUT2D eigenvalue weighted by atomic mass is 10.0. The molecule has 28 heavy (non-hydrogen) atoms. The number of benzene rings is 2. The van der Waals surface area contributed by atoms with E-state index in [1.165, 1.54) is 5.56 Å². The van der Waals surface area contributed by atoms with Crippen LogP contribution in [-0.2, 0) is 6.54 Å². The lowest BCUT2D eigenvalue weighted by Crippen LogP contribution is -2.43. The largest absolute Gasteiger partial charge is 0.454 e. The van der Waals surface area contributed by atoms with Gasteiger partial charge in [-0.05, 0) is 36.9 Å². The van der Waals surface area contributed by atoms with Crippen molar-refractivity contribution >= 4 is 22.5 Å². The van der Waals surface area contributed by atoms with Crippen LogP contribution in [0.5, 0.6) is 11.5 Å². The Bertz CT molecular complexity index is 1010. The highest BCUT2D eigenvalue weighted by Crippen LogP contribution is 2.37. The number of rotatable bonds is 3. The second-order valence-electron chi connectivity index (χ2n) is 7.48. The van der Waals surface area contributed by atoms with Crippen molar-refractivity contribution in [1.29, 1.82) is 0 Å². The molecular formula is C22H22ClN3O2. The molecule has 0 bridgehead atoms. The van der Waals surface area contributed by atoms with E-state index < -0.39 is 0 Å². The Labute approximate surface area is 169 Å². The van der Waals surface area contributed by atoms with Crippen LogP contribution in [0.4, 0.5) is 0 Å². The highest BCUT2D eigenvalue weighted by atomic mass is 35.5. The molecule has 5 rings (SSSR count). The molecule has 3 aromatic rings. The van der Waals surface area contributed by atoms with Gasteiger partial charge in [-0.25, -0.2) is 4.98 Å². The van der Waals surface area contributed by atoms with Crippen LogP contribution >= 0.6 is 11.6 Å². The van der Waals surface area contributed by atoms with Crippen molar-refractivity contribution in [3.05, 3.63) is 53.1 Å².